The predicted molar refractivity (Wildman–Crippen MR) is 77.6 cm³/mol. The number of carbonyl (C=O) groups excluding carboxylic acids is 1. The molecule has 0 bridgehead atoms. The monoisotopic (exact) mass is 281 g/mol. The zero-order valence-corrected chi connectivity index (χ0v) is 12.0. The van der Waals surface area contributed by atoms with Crippen LogP contribution in [-0.2, 0) is 4.79 Å². The summed E-state index contributed by atoms with van der Waals surface area (Å²) in [5.41, 5.74) is 0. The van der Waals surface area contributed by atoms with E-state index in [9.17, 15) is 9.59 Å². The van der Waals surface area contributed by atoms with Gasteiger partial charge in [-0.2, -0.15) is 0 Å². The first-order chi connectivity index (χ1) is 9.51. The number of carboxylic acid groups (broad SMARTS) is 1. The van der Waals surface area contributed by atoms with Gasteiger partial charge in [0.25, 0.3) is 0 Å². The van der Waals surface area contributed by atoms with Crippen molar-refractivity contribution in [2.24, 2.45) is 0 Å². The minimum Gasteiger partial charge on any atom is -0.480 e. The zero-order valence-electron chi connectivity index (χ0n) is 12.0. The third-order valence-corrected chi connectivity index (χ3v) is 3.46. The summed E-state index contributed by atoms with van der Waals surface area (Å²) in [6.07, 6.45) is 3.37. The zero-order chi connectivity index (χ0) is 15.1. The number of hydrogen-bond acceptors (Lipinski definition) is 3. The molecule has 0 aliphatic carbocycles. The fourth-order valence-electron chi connectivity index (χ4n) is 2.20. The van der Waals surface area contributed by atoms with Gasteiger partial charge in [-0.3, -0.25) is 9.69 Å². The van der Waals surface area contributed by atoms with Crippen LogP contribution in [0.5, 0.6) is 0 Å². The highest BCUT2D eigenvalue weighted by atomic mass is 16.4. The molecule has 0 aromatic rings. The molecule has 0 spiro atoms. The Morgan fingerprint density at radius 3 is 2.10 bits per heavy atom. The largest absolute Gasteiger partial charge is 0.480 e. The van der Waals surface area contributed by atoms with E-state index in [2.05, 4.69) is 13.2 Å². The van der Waals surface area contributed by atoms with Gasteiger partial charge in [-0.05, 0) is 6.92 Å². The minimum absolute atomic E-state index is 0.0487. The highest BCUT2D eigenvalue weighted by Crippen LogP contribution is 2.09. The van der Waals surface area contributed by atoms with Crippen LogP contribution < -0.4 is 0 Å². The molecule has 1 saturated heterocycles. The summed E-state index contributed by atoms with van der Waals surface area (Å²) in [5, 5.41) is 8.98. The number of carboxylic acids is 1. The van der Waals surface area contributed by atoms with Gasteiger partial charge in [0.2, 0.25) is 0 Å². The van der Waals surface area contributed by atoms with Crippen molar-refractivity contribution in [1.29, 1.82) is 0 Å². The van der Waals surface area contributed by atoms with Crippen LogP contribution in [0.1, 0.15) is 6.92 Å². The molecule has 0 radical (unpaired) electrons. The van der Waals surface area contributed by atoms with Gasteiger partial charge < -0.3 is 14.9 Å². The van der Waals surface area contributed by atoms with Crippen LogP contribution >= 0.6 is 0 Å². The second-order valence-corrected chi connectivity index (χ2v) is 4.80. The van der Waals surface area contributed by atoms with Gasteiger partial charge in [-0.25, -0.2) is 4.79 Å². The molecule has 0 aromatic heterocycles. The van der Waals surface area contributed by atoms with Gasteiger partial charge in [0.05, 0.1) is 0 Å². The fourth-order valence-corrected chi connectivity index (χ4v) is 2.20. The molecule has 112 valence electrons. The van der Waals surface area contributed by atoms with Crippen molar-refractivity contribution in [2.45, 2.75) is 13.0 Å². The molecule has 1 atom stereocenters. The smallest absolute Gasteiger partial charge is 0.320 e. The van der Waals surface area contributed by atoms with E-state index in [1.165, 1.54) is 0 Å². The van der Waals surface area contributed by atoms with Crippen molar-refractivity contribution in [1.82, 2.24) is 14.7 Å². The summed E-state index contributed by atoms with van der Waals surface area (Å²) in [7, 11) is 0. The Balaban J connectivity index is 2.55. The van der Waals surface area contributed by atoms with Crippen LogP contribution in [0.15, 0.2) is 25.3 Å². The fraction of sp³-hybridized carbons (Fsp3) is 0.571. The van der Waals surface area contributed by atoms with E-state index in [1.54, 1.807) is 28.9 Å². The SMILES string of the molecule is C=CCN(CC=C)C(=O)N1CCN(C(C)C(=O)O)CC1. The van der Waals surface area contributed by atoms with E-state index in [1.807, 2.05) is 4.90 Å². The third kappa shape index (κ3) is 4.09. The van der Waals surface area contributed by atoms with E-state index >= 15 is 0 Å². The normalized spacial score (nSPS) is 17.4. The number of urea groups is 1. The van der Waals surface area contributed by atoms with Crippen molar-refractivity contribution in [3.8, 4) is 0 Å². The molecule has 20 heavy (non-hydrogen) atoms. The van der Waals surface area contributed by atoms with Crippen molar-refractivity contribution >= 4 is 12.0 Å². The van der Waals surface area contributed by atoms with Crippen LogP contribution in [0.4, 0.5) is 4.79 Å². The molecule has 1 fully saturated rings. The molecule has 1 unspecified atom stereocenters. The van der Waals surface area contributed by atoms with E-state index in [4.69, 9.17) is 5.11 Å². The Labute approximate surface area is 119 Å². The highest BCUT2D eigenvalue weighted by molar-refractivity contribution is 5.75. The van der Waals surface area contributed by atoms with E-state index in [0.29, 0.717) is 39.3 Å². The lowest BCUT2D eigenvalue weighted by molar-refractivity contribution is -0.143. The van der Waals surface area contributed by atoms with Gasteiger partial charge >= 0.3 is 12.0 Å². The first kappa shape index (κ1) is 16.2. The summed E-state index contributed by atoms with van der Waals surface area (Å²) in [6, 6.07) is -0.558. The molecule has 1 aliphatic heterocycles. The lowest BCUT2D eigenvalue weighted by atomic mass is 10.2. The molecule has 6 heteroatoms. The maximum absolute atomic E-state index is 12.3. The first-order valence-electron chi connectivity index (χ1n) is 6.73. The number of amides is 2. The Kier molecular flexibility index (Phi) is 6.24. The van der Waals surface area contributed by atoms with Gasteiger partial charge in [0.1, 0.15) is 6.04 Å². The first-order valence-corrected chi connectivity index (χ1v) is 6.73. The van der Waals surface area contributed by atoms with Gasteiger partial charge in [-0.1, -0.05) is 12.2 Å². The summed E-state index contributed by atoms with van der Waals surface area (Å²) in [4.78, 5) is 28.5. The molecule has 1 rings (SSSR count). The van der Waals surface area contributed by atoms with E-state index in [-0.39, 0.29) is 6.03 Å². The predicted octanol–water partition coefficient (Wildman–Crippen LogP) is 0.871. The Bertz CT molecular complexity index is 366. The molecule has 6 nitrogen and oxygen atoms in total. The molecule has 2 amide bonds. The molecule has 0 saturated carbocycles. The number of carbonyl (C=O) groups is 2. The lowest BCUT2D eigenvalue weighted by Gasteiger charge is -2.38. The molecule has 1 aliphatic rings. The van der Waals surface area contributed by atoms with Gasteiger partial charge in [0, 0.05) is 39.3 Å². The Morgan fingerprint density at radius 2 is 1.70 bits per heavy atom. The minimum atomic E-state index is -0.829. The average molecular weight is 281 g/mol. The van der Waals surface area contributed by atoms with Crippen LogP contribution in [0.3, 0.4) is 0 Å². The summed E-state index contributed by atoms with van der Waals surface area (Å²) >= 11 is 0. The number of rotatable bonds is 6. The Morgan fingerprint density at radius 1 is 1.20 bits per heavy atom. The second-order valence-electron chi connectivity index (χ2n) is 4.80. The number of aliphatic carboxylic acids is 1. The molecular formula is C14H23N3O3. The van der Waals surface area contributed by atoms with Crippen LogP contribution in [0.25, 0.3) is 0 Å². The maximum Gasteiger partial charge on any atom is 0.320 e. The molecule has 1 N–H and O–H groups in total. The van der Waals surface area contributed by atoms with Crippen molar-refractivity contribution in [3.05, 3.63) is 25.3 Å². The second kappa shape index (κ2) is 7.69. The third-order valence-electron chi connectivity index (χ3n) is 3.46. The number of hydrogen-bond donors (Lipinski definition) is 1. The van der Waals surface area contributed by atoms with Gasteiger partial charge in [0.15, 0.2) is 0 Å². The quantitative estimate of drug-likeness (QED) is 0.734. The molecule has 1 heterocycles. The van der Waals surface area contributed by atoms with Gasteiger partial charge in [-0.15, -0.1) is 13.2 Å². The molecule has 0 aromatic carbocycles. The van der Waals surface area contributed by atoms with Crippen molar-refractivity contribution in [3.63, 3.8) is 0 Å². The summed E-state index contributed by atoms with van der Waals surface area (Å²) < 4.78 is 0. The number of piperazine rings is 1. The average Bonchev–Trinajstić information content (AvgIpc) is 2.45. The summed E-state index contributed by atoms with van der Waals surface area (Å²) in [6.45, 7) is 12.2. The van der Waals surface area contributed by atoms with E-state index < -0.39 is 12.0 Å². The number of nitrogens with zero attached hydrogens (tertiary/aromatic N) is 3. The Hall–Kier alpha value is -1.82. The van der Waals surface area contributed by atoms with Crippen molar-refractivity contribution in [2.75, 3.05) is 39.3 Å². The lowest BCUT2D eigenvalue weighted by Crippen LogP contribution is -2.55. The van der Waals surface area contributed by atoms with Crippen LogP contribution in [0, 0.1) is 0 Å². The topological polar surface area (TPSA) is 64.1 Å². The maximum atomic E-state index is 12.3. The highest BCUT2D eigenvalue weighted by Gasteiger charge is 2.28. The van der Waals surface area contributed by atoms with Crippen LogP contribution in [0.2, 0.25) is 0 Å². The molecular weight excluding hydrogens is 258 g/mol. The van der Waals surface area contributed by atoms with E-state index in [0.717, 1.165) is 0 Å². The standard InChI is InChI=1S/C14H23N3O3/c1-4-6-16(7-5-2)14(20)17-10-8-15(9-11-17)12(3)13(18)19/h4-5,12H,1-2,6-11H2,3H3,(H,18,19). The van der Waals surface area contributed by atoms with Crippen LogP contribution in [-0.4, -0.2) is 77.1 Å². The summed E-state index contributed by atoms with van der Waals surface area (Å²) in [5.74, 6) is -0.829. The van der Waals surface area contributed by atoms with Crippen molar-refractivity contribution < 1.29 is 14.7 Å².